The maximum absolute atomic E-state index is 12.7. The maximum Gasteiger partial charge on any atom is 0.251 e. The molecule has 2 aromatic carbocycles. The molecule has 0 fully saturated rings. The zero-order valence-corrected chi connectivity index (χ0v) is 17.2. The largest absolute Gasteiger partial charge is 0.352 e. The first kappa shape index (κ1) is 20.6. The summed E-state index contributed by atoms with van der Waals surface area (Å²) in [5, 5.41) is 6.07. The van der Waals surface area contributed by atoms with E-state index in [0.717, 1.165) is 23.9 Å². The summed E-state index contributed by atoms with van der Waals surface area (Å²) in [5.41, 5.74) is 2.27. The molecule has 0 unspecified atom stereocenters. The van der Waals surface area contributed by atoms with Crippen LogP contribution in [-0.4, -0.2) is 27.4 Å². The first-order chi connectivity index (χ1) is 14.0. The minimum atomic E-state index is -0.351. The van der Waals surface area contributed by atoms with Crippen LogP contribution >= 0.6 is 0 Å². The zero-order valence-electron chi connectivity index (χ0n) is 17.2. The van der Waals surface area contributed by atoms with E-state index in [1.165, 1.54) is 0 Å². The molecule has 0 bridgehead atoms. The second kappa shape index (κ2) is 9.37. The summed E-state index contributed by atoms with van der Waals surface area (Å²) >= 11 is 0. The third-order valence-corrected chi connectivity index (χ3v) is 5.11. The Morgan fingerprint density at radius 2 is 1.62 bits per heavy atom. The van der Waals surface area contributed by atoms with Crippen LogP contribution in [0.15, 0.2) is 54.6 Å². The zero-order chi connectivity index (χ0) is 20.8. The molecule has 0 saturated heterocycles. The summed E-state index contributed by atoms with van der Waals surface area (Å²) in [6.07, 6.45) is 1.78. The van der Waals surface area contributed by atoms with Crippen LogP contribution in [0.25, 0.3) is 11.0 Å². The predicted molar refractivity (Wildman–Crippen MR) is 115 cm³/mol. The van der Waals surface area contributed by atoms with E-state index in [1.807, 2.05) is 54.0 Å². The van der Waals surface area contributed by atoms with Gasteiger partial charge in [-0.2, -0.15) is 0 Å². The Balaban J connectivity index is 1.86. The number of carbonyl (C=O) groups excluding carboxylic acids is 2. The second-order valence-electron chi connectivity index (χ2n) is 7.19. The molecule has 6 heteroatoms. The summed E-state index contributed by atoms with van der Waals surface area (Å²) < 4.78 is 1.89. The smallest absolute Gasteiger partial charge is 0.251 e. The minimum absolute atomic E-state index is 0.0512. The van der Waals surface area contributed by atoms with Crippen molar-refractivity contribution in [2.75, 3.05) is 0 Å². The van der Waals surface area contributed by atoms with Gasteiger partial charge in [0.25, 0.3) is 5.91 Å². The van der Waals surface area contributed by atoms with Crippen molar-refractivity contribution in [1.82, 2.24) is 20.2 Å². The van der Waals surface area contributed by atoms with E-state index in [9.17, 15) is 9.59 Å². The van der Waals surface area contributed by atoms with Gasteiger partial charge in [-0.05, 0) is 44.0 Å². The van der Waals surface area contributed by atoms with E-state index >= 15 is 0 Å². The average Bonchev–Trinajstić information content (AvgIpc) is 3.11. The first-order valence-electron chi connectivity index (χ1n) is 10.1. The van der Waals surface area contributed by atoms with Crippen LogP contribution in [0, 0.1) is 0 Å². The lowest BCUT2D eigenvalue weighted by Gasteiger charge is -2.18. The van der Waals surface area contributed by atoms with Crippen molar-refractivity contribution in [2.24, 2.45) is 0 Å². The van der Waals surface area contributed by atoms with Gasteiger partial charge in [0.05, 0.1) is 17.1 Å². The number of amides is 2. The molecule has 0 spiro atoms. The van der Waals surface area contributed by atoms with Crippen molar-refractivity contribution >= 4 is 22.8 Å². The molecule has 0 aliphatic rings. The fourth-order valence-electron chi connectivity index (χ4n) is 3.43. The molecule has 2 amide bonds. The van der Waals surface area contributed by atoms with Crippen molar-refractivity contribution in [3.05, 3.63) is 66.0 Å². The Morgan fingerprint density at radius 3 is 2.31 bits per heavy atom. The Bertz CT molecular complexity index is 977. The van der Waals surface area contributed by atoms with Crippen LogP contribution in [0.2, 0.25) is 0 Å². The Kier molecular flexibility index (Phi) is 6.65. The van der Waals surface area contributed by atoms with Gasteiger partial charge in [-0.25, -0.2) is 4.98 Å². The number of carbonyl (C=O) groups is 2. The normalized spacial score (nSPS) is 12.1. The summed E-state index contributed by atoms with van der Waals surface area (Å²) in [6.45, 7) is 6.18. The summed E-state index contributed by atoms with van der Waals surface area (Å²) in [4.78, 5) is 29.9. The molecule has 0 aliphatic carbocycles. The number of benzene rings is 2. The summed E-state index contributed by atoms with van der Waals surface area (Å²) in [7, 11) is 0. The van der Waals surface area contributed by atoms with E-state index in [0.29, 0.717) is 11.4 Å². The number of fused-ring (bicyclic) bond motifs is 1. The highest BCUT2D eigenvalue weighted by molar-refractivity contribution is 5.94. The molecule has 0 aliphatic heterocycles. The Hall–Kier alpha value is -3.15. The van der Waals surface area contributed by atoms with Crippen LogP contribution in [0.1, 0.15) is 55.8 Å². The van der Waals surface area contributed by atoms with E-state index in [4.69, 9.17) is 4.98 Å². The maximum atomic E-state index is 12.7. The SMILES string of the molecule is CCC(CC)NC(=O)Cn1c([C@@H](C)NC(=O)c2ccccc2)nc2ccccc21. The molecule has 3 aromatic rings. The number of nitrogens with one attached hydrogen (secondary N) is 2. The van der Waals surface area contributed by atoms with Crippen molar-refractivity contribution in [3.63, 3.8) is 0 Å². The number of imidazole rings is 1. The summed E-state index contributed by atoms with van der Waals surface area (Å²) in [5.74, 6) is 0.443. The number of hydrogen-bond acceptors (Lipinski definition) is 3. The lowest BCUT2D eigenvalue weighted by Crippen LogP contribution is -2.37. The number of hydrogen-bond donors (Lipinski definition) is 2. The Morgan fingerprint density at radius 1 is 0.966 bits per heavy atom. The molecule has 3 rings (SSSR count). The van der Waals surface area contributed by atoms with E-state index in [1.54, 1.807) is 12.1 Å². The van der Waals surface area contributed by atoms with Crippen LogP contribution in [0.3, 0.4) is 0 Å². The van der Waals surface area contributed by atoms with Crippen LogP contribution in [0.5, 0.6) is 0 Å². The number of aromatic nitrogens is 2. The minimum Gasteiger partial charge on any atom is -0.352 e. The van der Waals surface area contributed by atoms with E-state index < -0.39 is 0 Å². The van der Waals surface area contributed by atoms with Gasteiger partial charge in [-0.1, -0.05) is 44.2 Å². The molecule has 1 aromatic heterocycles. The van der Waals surface area contributed by atoms with E-state index in [-0.39, 0.29) is 30.4 Å². The van der Waals surface area contributed by atoms with Gasteiger partial charge in [0.15, 0.2) is 0 Å². The number of para-hydroxylation sites is 2. The van der Waals surface area contributed by atoms with Gasteiger partial charge < -0.3 is 15.2 Å². The van der Waals surface area contributed by atoms with E-state index in [2.05, 4.69) is 24.5 Å². The highest BCUT2D eigenvalue weighted by atomic mass is 16.2. The fourth-order valence-corrected chi connectivity index (χ4v) is 3.43. The lowest BCUT2D eigenvalue weighted by molar-refractivity contribution is -0.122. The van der Waals surface area contributed by atoms with Gasteiger partial charge in [0, 0.05) is 11.6 Å². The highest BCUT2D eigenvalue weighted by Crippen LogP contribution is 2.21. The molecular weight excluding hydrogens is 364 g/mol. The number of rotatable bonds is 8. The second-order valence-corrected chi connectivity index (χ2v) is 7.19. The standard InChI is InChI=1S/C23H28N4O2/c1-4-18(5-2)25-21(28)15-27-20-14-10-9-13-19(20)26-22(27)16(3)24-23(29)17-11-7-6-8-12-17/h6-14,16,18H,4-5,15H2,1-3H3,(H,24,29)(H,25,28)/t16-/m1/s1. The third kappa shape index (κ3) is 4.83. The highest BCUT2D eigenvalue weighted by Gasteiger charge is 2.21. The fraction of sp³-hybridized carbons (Fsp3) is 0.348. The van der Waals surface area contributed by atoms with Crippen molar-refractivity contribution < 1.29 is 9.59 Å². The van der Waals surface area contributed by atoms with Crippen molar-refractivity contribution in [1.29, 1.82) is 0 Å². The third-order valence-electron chi connectivity index (χ3n) is 5.11. The molecule has 1 atom stereocenters. The number of nitrogens with zero attached hydrogens (tertiary/aromatic N) is 2. The molecular formula is C23H28N4O2. The van der Waals surface area contributed by atoms with Crippen LogP contribution in [-0.2, 0) is 11.3 Å². The molecule has 2 N–H and O–H groups in total. The Labute approximate surface area is 171 Å². The molecule has 6 nitrogen and oxygen atoms in total. The molecule has 1 heterocycles. The van der Waals surface area contributed by atoms with Gasteiger partial charge >= 0.3 is 0 Å². The topological polar surface area (TPSA) is 76.0 Å². The van der Waals surface area contributed by atoms with Gasteiger partial charge in [0.1, 0.15) is 12.4 Å². The van der Waals surface area contributed by atoms with Gasteiger partial charge in [-0.3, -0.25) is 9.59 Å². The van der Waals surface area contributed by atoms with Crippen molar-refractivity contribution in [2.45, 2.75) is 52.2 Å². The molecule has 0 radical (unpaired) electrons. The lowest BCUT2D eigenvalue weighted by atomic mass is 10.2. The summed E-state index contributed by atoms with van der Waals surface area (Å²) in [6, 6.07) is 16.6. The molecule has 152 valence electrons. The molecule has 29 heavy (non-hydrogen) atoms. The van der Waals surface area contributed by atoms with Gasteiger partial charge in [0.2, 0.25) is 5.91 Å². The predicted octanol–water partition coefficient (Wildman–Crippen LogP) is 3.83. The average molecular weight is 393 g/mol. The van der Waals surface area contributed by atoms with Crippen LogP contribution < -0.4 is 10.6 Å². The quantitative estimate of drug-likeness (QED) is 0.612. The van der Waals surface area contributed by atoms with Crippen LogP contribution in [0.4, 0.5) is 0 Å². The molecule has 0 saturated carbocycles. The monoisotopic (exact) mass is 392 g/mol. The van der Waals surface area contributed by atoms with Gasteiger partial charge in [-0.15, -0.1) is 0 Å². The first-order valence-corrected chi connectivity index (χ1v) is 10.1. The van der Waals surface area contributed by atoms with Crippen molar-refractivity contribution in [3.8, 4) is 0 Å².